The summed E-state index contributed by atoms with van der Waals surface area (Å²) in [4.78, 5) is 12.0. The highest BCUT2D eigenvalue weighted by atomic mass is 35.5. The second-order valence-electron chi connectivity index (χ2n) is 5.30. The number of carbonyl (C=O) groups excluding carboxylic acids is 1. The van der Waals surface area contributed by atoms with Gasteiger partial charge in [-0.1, -0.05) is 54.1 Å². The van der Waals surface area contributed by atoms with E-state index < -0.39 is 0 Å². The Balaban J connectivity index is 2.12. The van der Waals surface area contributed by atoms with E-state index in [0.717, 1.165) is 11.1 Å². The maximum absolute atomic E-state index is 12.0. The molecule has 0 aliphatic heterocycles. The molecule has 0 saturated carbocycles. The molecule has 2 aromatic carbocycles. The van der Waals surface area contributed by atoms with Gasteiger partial charge in [0.05, 0.1) is 17.6 Å². The fraction of sp³-hybridized carbons (Fsp3) is 0.278. The van der Waals surface area contributed by atoms with E-state index in [2.05, 4.69) is 17.4 Å². The van der Waals surface area contributed by atoms with Gasteiger partial charge in [-0.05, 0) is 30.2 Å². The van der Waals surface area contributed by atoms with Crippen molar-refractivity contribution in [3.63, 3.8) is 0 Å². The van der Waals surface area contributed by atoms with Crippen LogP contribution in [0.2, 0.25) is 5.02 Å². The van der Waals surface area contributed by atoms with E-state index in [-0.39, 0.29) is 23.8 Å². The standard InChI is InChI=1S/C18H20ClNO2S/c1-13(11-21)20-17(22)12-23-18(14-5-3-2-4-6-14)15-7-9-16(19)10-8-15/h2-10,13,18,21H,11-12H2,1H3,(H,20,22). The lowest BCUT2D eigenvalue weighted by atomic mass is 10.0. The third-order valence-corrected chi connectivity index (χ3v) is 4.90. The van der Waals surface area contributed by atoms with E-state index in [9.17, 15) is 4.79 Å². The SMILES string of the molecule is CC(CO)NC(=O)CSC(c1ccccc1)c1ccc(Cl)cc1. The summed E-state index contributed by atoms with van der Waals surface area (Å²) < 4.78 is 0. The second-order valence-corrected chi connectivity index (χ2v) is 6.83. The molecule has 0 aliphatic carbocycles. The van der Waals surface area contributed by atoms with Crippen molar-refractivity contribution in [1.82, 2.24) is 5.32 Å². The molecule has 0 saturated heterocycles. The van der Waals surface area contributed by atoms with Crippen molar-refractivity contribution in [2.24, 2.45) is 0 Å². The molecule has 0 aliphatic rings. The van der Waals surface area contributed by atoms with Crippen LogP contribution < -0.4 is 5.32 Å². The number of hydrogen-bond acceptors (Lipinski definition) is 3. The highest BCUT2D eigenvalue weighted by Crippen LogP contribution is 2.35. The number of halogens is 1. The highest BCUT2D eigenvalue weighted by Gasteiger charge is 2.17. The average molecular weight is 350 g/mol. The summed E-state index contributed by atoms with van der Waals surface area (Å²) in [5, 5.41) is 12.5. The van der Waals surface area contributed by atoms with Gasteiger partial charge in [-0.2, -0.15) is 0 Å². The molecule has 2 atom stereocenters. The van der Waals surface area contributed by atoms with Gasteiger partial charge < -0.3 is 10.4 Å². The van der Waals surface area contributed by atoms with Crippen LogP contribution in [0.1, 0.15) is 23.3 Å². The van der Waals surface area contributed by atoms with Crippen LogP contribution in [-0.2, 0) is 4.79 Å². The normalized spacial score (nSPS) is 13.3. The second kappa shape index (κ2) is 8.96. The third kappa shape index (κ3) is 5.57. The van der Waals surface area contributed by atoms with Crippen LogP contribution in [0, 0.1) is 0 Å². The zero-order valence-corrected chi connectivity index (χ0v) is 14.5. The molecule has 2 N–H and O–H groups in total. The molecular weight excluding hydrogens is 330 g/mol. The quantitative estimate of drug-likeness (QED) is 0.802. The van der Waals surface area contributed by atoms with Crippen molar-refractivity contribution in [3.05, 3.63) is 70.7 Å². The highest BCUT2D eigenvalue weighted by molar-refractivity contribution is 8.00. The first-order chi connectivity index (χ1) is 11.1. The molecule has 0 aromatic heterocycles. The van der Waals surface area contributed by atoms with Crippen LogP contribution in [0.15, 0.2) is 54.6 Å². The minimum Gasteiger partial charge on any atom is -0.394 e. The number of benzene rings is 2. The van der Waals surface area contributed by atoms with E-state index in [1.54, 1.807) is 18.7 Å². The monoisotopic (exact) mass is 349 g/mol. The van der Waals surface area contributed by atoms with Gasteiger partial charge in [-0.3, -0.25) is 4.79 Å². The molecule has 2 unspecified atom stereocenters. The van der Waals surface area contributed by atoms with E-state index in [4.69, 9.17) is 16.7 Å². The van der Waals surface area contributed by atoms with Crippen molar-refractivity contribution in [1.29, 1.82) is 0 Å². The Bertz CT molecular complexity index is 619. The first kappa shape index (κ1) is 17.9. The number of thioether (sulfide) groups is 1. The summed E-state index contributed by atoms with van der Waals surface area (Å²) in [6, 6.07) is 17.5. The van der Waals surface area contributed by atoms with Crippen LogP contribution in [0.5, 0.6) is 0 Å². The lowest BCUT2D eigenvalue weighted by Gasteiger charge is -2.18. The van der Waals surface area contributed by atoms with E-state index in [1.807, 2.05) is 42.5 Å². The number of hydrogen-bond donors (Lipinski definition) is 2. The summed E-state index contributed by atoms with van der Waals surface area (Å²) >= 11 is 7.53. The lowest BCUT2D eigenvalue weighted by molar-refractivity contribution is -0.119. The van der Waals surface area contributed by atoms with Gasteiger partial charge in [-0.25, -0.2) is 0 Å². The zero-order chi connectivity index (χ0) is 16.7. The molecule has 0 spiro atoms. The Labute approximate surface area is 146 Å². The van der Waals surface area contributed by atoms with Crippen molar-refractivity contribution in [2.75, 3.05) is 12.4 Å². The molecule has 1 amide bonds. The molecule has 0 radical (unpaired) electrons. The summed E-state index contributed by atoms with van der Waals surface area (Å²) in [7, 11) is 0. The molecule has 0 bridgehead atoms. The third-order valence-electron chi connectivity index (χ3n) is 3.34. The largest absolute Gasteiger partial charge is 0.394 e. The summed E-state index contributed by atoms with van der Waals surface area (Å²) in [6.07, 6.45) is 0. The average Bonchev–Trinajstić information content (AvgIpc) is 2.57. The van der Waals surface area contributed by atoms with Gasteiger partial charge in [0.25, 0.3) is 0 Å². The van der Waals surface area contributed by atoms with Gasteiger partial charge in [0, 0.05) is 11.1 Å². The maximum Gasteiger partial charge on any atom is 0.230 e. The smallest absolute Gasteiger partial charge is 0.230 e. The number of nitrogens with one attached hydrogen (secondary N) is 1. The molecule has 3 nitrogen and oxygen atoms in total. The molecule has 23 heavy (non-hydrogen) atoms. The fourth-order valence-electron chi connectivity index (χ4n) is 2.17. The Morgan fingerprint density at radius 1 is 1.13 bits per heavy atom. The van der Waals surface area contributed by atoms with Crippen LogP contribution in [0.25, 0.3) is 0 Å². The van der Waals surface area contributed by atoms with Gasteiger partial charge in [0.1, 0.15) is 0 Å². The van der Waals surface area contributed by atoms with Gasteiger partial charge in [0.2, 0.25) is 5.91 Å². The van der Waals surface area contributed by atoms with Crippen molar-refractivity contribution < 1.29 is 9.90 Å². The van der Waals surface area contributed by atoms with Gasteiger partial charge >= 0.3 is 0 Å². The lowest BCUT2D eigenvalue weighted by Crippen LogP contribution is -2.36. The van der Waals surface area contributed by atoms with Crippen LogP contribution in [0.3, 0.4) is 0 Å². The minimum atomic E-state index is -0.228. The van der Waals surface area contributed by atoms with E-state index >= 15 is 0 Å². The molecule has 0 fully saturated rings. The van der Waals surface area contributed by atoms with Crippen LogP contribution in [-0.4, -0.2) is 29.4 Å². The summed E-state index contributed by atoms with van der Waals surface area (Å²) in [6.45, 7) is 1.71. The Morgan fingerprint density at radius 3 is 2.35 bits per heavy atom. The van der Waals surface area contributed by atoms with Gasteiger partial charge in [0.15, 0.2) is 0 Å². The number of rotatable bonds is 7. The number of aliphatic hydroxyl groups is 1. The molecule has 0 heterocycles. The molecule has 5 heteroatoms. The number of aliphatic hydroxyl groups excluding tert-OH is 1. The van der Waals surface area contributed by atoms with Crippen LogP contribution in [0.4, 0.5) is 0 Å². The topological polar surface area (TPSA) is 49.3 Å². The predicted molar refractivity (Wildman–Crippen MR) is 96.9 cm³/mol. The maximum atomic E-state index is 12.0. The first-order valence-electron chi connectivity index (χ1n) is 7.42. The van der Waals surface area contributed by atoms with E-state index in [1.165, 1.54) is 0 Å². The predicted octanol–water partition coefficient (Wildman–Crippen LogP) is 3.66. The molecule has 2 aromatic rings. The molecule has 2 rings (SSSR count). The molecule has 122 valence electrons. The minimum absolute atomic E-state index is 0.0589. The Kier molecular flexibility index (Phi) is 6.96. The van der Waals surface area contributed by atoms with Crippen LogP contribution >= 0.6 is 23.4 Å². The summed E-state index contributed by atoms with van der Waals surface area (Å²) in [5.74, 6) is 0.249. The van der Waals surface area contributed by atoms with Gasteiger partial charge in [-0.15, -0.1) is 11.8 Å². The van der Waals surface area contributed by atoms with Crippen molar-refractivity contribution in [3.8, 4) is 0 Å². The fourth-order valence-corrected chi connectivity index (χ4v) is 3.40. The van der Waals surface area contributed by atoms with Crippen molar-refractivity contribution in [2.45, 2.75) is 18.2 Å². The first-order valence-corrected chi connectivity index (χ1v) is 8.85. The zero-order valence-electron chi connectivity index (χ0n) is 12.9. The van der Waals surface area contributed by atoms with Crippen molar-refractivity contribution >= 4 is 29.3 Å². The van der Waals surface area contributed by atoms with E-state index in [0.29, 0.717) is 10.8 Å². The summed E-state index contributed by atoms with van der Waals surface area (Å²) in [5.41, 5.74) is 2.25. The Morgan fingerprint density at radius 2 is 1.74 bits per heavy atom. The Hall–Kier alpha value is -1.49. The molecular formula is C18H20ClNO2S. The number of carbonyl (C=O) groups is 1. The number of amides is 1.